The summed E-state index contributed by atoms with van der Waals surface area (Å²) in [7, 11) is 0. The standard InChI is InChI=1S/C30H27N5O2/c1-18-5-12-24(13-6-18)35-20(3)27(17-31-35)29-16-26(25-15-19(2)7-14-28(25)34-29)30(37)33-23-10-8-22(9-11-23)32-21(4)36/h5-17H,1-4H3,(H,32,36)(H,33,37). The fraction of sp³-hybridized carbons (Fsp3) is 0.133. The number of carbonyl (C=O) groups excluding carboxylic acids is 2. The first-order valence-electron chi connectivity index (χ1n) is 12.0. The van der Waals surface area contributed by atoms with Gasteiger partial charge in [-0.25, -0.2) is 9.67 Å². The molecule has 5 rings (SSSR count). The number of carbonyl (C=O) groups is 2. The fourth-order valence-corrected chi connectivity index (χ4v) is 4.31. The lowest BCUT2D eigenvalue weighted by Crippen LogP contribution is -2.13. The summed E-state index contributed by atoms with van der Waals surface area (Å²) in [6.07, 6.45) is 1.79. The second kappa shape index (κ2) is 9.70. The van der Waals surface area contributed by atoms with Gasteiger partial charge < -0.3 is 10.6 Å². The van der Waals surface area contributed by atoms with Gasteiger partial charge in [-0.15, -0.1) is 0 Å². The number of amides is 2. The number of fused-ring (bicyclic) bond motifs is 1. The molecule has 0 spiro atoms. The monoisotopic (exact) mass is 489 g/mol. The molecule has 2 amide bonds. The lowest BCUT2D eigenvalue weighted by atomic mass is 10.0. The fourth-order valence-electron chi connectivity index (χ4n) is 4.31. The Bertz CT molecular complexity index is 1630. The van der Waals surface area contributed by atoms with Crippen LogP contribution in [0.4, 0.5) is 11.4 Å². The van der Waals surface area contributed by atoms with Crippen molar-refractivity contribution in [3.63, 3.8) is 0 Å². The van der Waals surface area contributed by atoms with Gasteiger partial charge in [-0.2, -0.15) is 5.10 Å². The van der Waals surface area contributed by atoms with Crippen molar-refractivity contribution in [2.24, 2.45) is 0 Å². The molecule has 0 aliphatic carbocycles. The van der Waals surface area contributed by atoms with Gasteiger partial charge in [0.15, 0.2) is 0 Å². The SMILES string of the molecule is CC(=O)Nc1ccc(NC(=O)c2cc(-c3cnn(-c4ccc(C)cc4)c3C)nc3ccc(C)cc23)cc1. The third-order valence-corrected chi connectivity index (χ3v) is 6.24. The van der Waals surface area contributed by atoms with E-state index in [-0.39, 0.29) is 11.8 Å². The van der Waals surface area contributed by atoms with Gasteiger partial charge in [0.1, 0.15) is 0 Å². The minimum Gasteiger partial charge on any atom is -0.326 e. The number of hydrogen-bond acceptors (Lipinski definition) is 4. The van der Waals surface area contributed by atoms with Gasteiger partial charge in [0, 0.05) is 29.2 Å². The van der Waals surface area contributed by atoms with E-state index in [1.54, 1.807) is 30.5 Å². The van der Waals surface area contributed by atoms with Gasteiger partial charge >= 0.3 is 0 Å². The van der Waals surface area contributed by atoms with E-state index in [9.17, 15) is 9.59 Å². The molecular formula is C30H27N5O2. The minimum atomic E-state index is -0.241. The molecule has 2 heterocycles. The number of pyridine rings is 1. The number of aryl methyl sites for hydroxylation is 2. The first-order chi connectivity index (χ1) is 17.8. The number of hydrogen-bond donors (Lipinski definition) is 2. The molecule has 184 valence electrons. The van der Waals surface area contributed by atoms with E-state index in [1.807, 2.05) is 54.9 Å². The third kappa shape index (κ3) is 4.97. The molecule has 0 aliphatic heterocycles. The molecule has 3 aromatic carbocycles. The van der Waals surface area contributed by atoms with Crippen LogP contribution in [-0.4, -0.2) is 26.6 Å². The minimum absolute atomic E-state index is 0.149. The van der Waals surface area contributed by atoms with Crippen molar-refractivity contribution in [1.29, 1.82) is 0 Å². The van der Waals surface area contributed by atoms with Crippen molar-refractivity contribution in [3.05, 3.63) is 101 Å². The zero-order valence-corrected chi connectivity index (χ0v) is 21.2. The molecule has 0 bridgehead atoms. The van der Waals surface area contributed by atoms with Crippen LogP contribution in [0, 0.1) is 20.8 Å². The van der Waals surface area contributed by atoms with Gasteiger partial charge in [0.2, 0.25) is 5.91 Å². The van der Waals surface area contributed by atoms with Crippen LogP contribution < -0.4 is 10.6 Å². The van der Waals surface area contributed by atoms with E-state index in [1.165, 1.54) is 12.5 Å². The van der Waals surface area contributed by atoms with Gasteiger partial charge in [-0.3, -0.25) is 9.59 Å². The highest BCUT2D eigenvalue weighted by atomic mass is 16.2. The van der Waals surface area contributed by atoms with Gasteiger partial charge in [0.05, 0.1) is 34.4 Å². The second-order valence-electron chi connectivity index (χ2n) is 9.18. The quantitative estimate of drug-likeness (QED) is 0.307. The van der Waals surface area contributed by atoms with Gasteiger partial charge in [-0.05, 0) is 75.4 Å². The van der Waals surface area contributed by atoms with Crippen molar-refractivity contribution in [2.45, 2.75) is 27.7 Å². The van der Waals surface area contributed by atoms with E-state index in [2.05, 4.69) is 34.8 Å². The maximum absolute atomic E-state index is 13.5. The molecule has 0 saturated heterocycles. The normalized spacial score (nSPS) is 10.9. The molecule has 0 aliphatic rings. The molecule has 2 aromatic heterocycles. The summed E-state index contributed by atoms with van der Waals surface area (Å²) >= 11 is 0. The highest BCUT2D eigenvalue weighted by molar-refractivity contribution is 6.13. The Balaban J connectivity index is 1.54. The first-order valence-corrected chi connectivity index (χ1v) is 12.0. The molecule has 0 unspecified atom stereocenters. The van der Waals surface area contributed by atoms with E-state index >= 15 is 0 Å². The predicted octanol–water partition coefficient (Wildman–Crippen LogP) is 6.22. The Morgan fingerprint density at radius 2 is 1.43 bits per heavy atom. The summed E-state index contributed by atoms with van der Waals surface area (Å²) in [5.74, 6) is -0.390. The largest absolute Gasteiger partial charge is 0.326 e. The molecule has 0 saturated carbocycles. The molecule has 5 aromatic rings. The topological polar surface area (TPSA) is 88.9 Å². The summed E-state index contributed by atoms with van der Waals surface area (Å²) in [5.41, 5.74) is 8.21. The Labute approximate surface area is 215 Å². The van der Waals surface area contributed by atoms with Crippen molar-refractivity contribution in [1.82, 2.24) is 14.8 Å². The summed E-state index contributed by atoms with van der Waals surface area (Å²) in [4.78, 5) is 29.7. The highest BCUT2D eigenvalue weighted by Crippen LogP contribution is 2.29. The zero-order chi connectivity index (χ0) is 26.1. The lowest BCUT2D eigenvalue weighted by molar-refractivity contribution is -0.114. The second-order valence-corrected chi connectivity index (χ2v) is 9.18. The highest BCUT2D eigenvalue weighted by Gasteiger charge is 2.18. The van der Waals surface area contributed by atoms with Gasteiger partial charge in [-0.1, -0.05) is 29.3 Å². The summed E-state index contributed by atoms with van der Waals surface area (Å²) in [5, 5.41) is 11.1. The number of nitrogens with zero attached hydrogens (tertiary/aromatic N) is 3. The van der Waals surface area contributed by atoms with Crippen molar-refractivity contribution in [3.8, 4) is 16.9 Å². The number of anilines is 2. The number of aromatic nitrogens is 3. The molecular weight excluding hydrogens is 462 g/mol. The van der Waals surface area contributed by atoms with E-state index in [0.717, 1.165) is 33.4 Å². The average molecular weight is 490 g/mol. The Hall–Kier alpha value is -4.78. The molecule has 7 heteroatoms. The van der Waals surface area contributed by atoms with E-state index in [0.29, 0.717) is 22.6 Å². The van der Waals surface area contributed by atoms with Crippen LogP contribution in [0.1, 0.15) is 34.1 Å². The van der Waals surface area contributed by atoms with Crippen LogP contribution in [-0.2, 0) is 4.79 Å². The maximum Gasteiger partial charge on any atom is 0.256 e. The number of rotatable bonds is 5. The van der Waals surface area contributed by atoms with Crippen LogP contribution in [0.5, 0.6) is 0 Å². The van der Waals surface area contributed by atoms with Crippen LogP contribution >= 0.6 is 0 Å². The van der Waals surface area contributed by atoms with Crippen molar-refractivity contribution < 1.29 is 9.59 Å². The molecule has 7 nitrogen and oxygen atoms in total. The first kappa shape index (κ1) is 23.9. The van der Waals surface area contributed by atoms with Crippen LogP contribution in [0.3, 0.4) is 0 Å². The van der Waals surface area contributed by atoms with Gasteiger partial charge in [0.25, 0.3) is 5.91 Å². The molecule has 0 fully saturated rings. The van der Waals surface area contributed by atoms with Crippen LogP contribution in [0.2, 0.25) is 0 Å². The number of nitrogens with one attached hydrogen (secondary N) is 2. The third-order valence-electron chi connectivity index (χ3n) is 6.24. The lowest BCUT2D eigenvalue weighted by Gasteiger charge is -2.12. The summed E-state index contributed by atoms with van der Waals surface area (Å²) in [6, 6.07) is 22.9. The van der Waals surface area contributed by atoms with Crippen molar-refractivity contribution >= 4 is 34.1 Å². The molecule has 2 N–H and O–H groups in total. The smallest absolute Gasteiger partial charge is 0.256 e. The summed E-state index contributed by atoms with van der Waals surface area (Å²) < 4.78 is 1.88. The van der Waals surface area contributed by atoms with E-state index in [4.69, 9.17) is 4.98 Å². The number of benzene rings is 3. The Morgan fingerprint density at radius 1 is 0.784 bits per heavy atom. The molecule has 0 atom stereocenters. The van der Waals surface area contributed by atoms with E-state index < -0.39 is 0 Å². The Kier molecular flexibility index (Phi) is 6.27. The maximum atomic E-state index is 13.5. The molecule has 37 heavy (non-hydrogen) atoms. The summed E-state index contributed by atoms with van der Waals surface area (Å²) in [6.45, 7) is 7.50. The average Bonchev–Trinajstić information content (AvgIpc) is 3.26. The molecule has 0 radical (unpaired) electrons. The van der Waals surface area contributed by atoms with Crippen LogP contribution in [0.25, 0.3) is 27.8 Å². The zero-order valence-electron chi connectivity index (χ0n) is 21.2. The Morgan fingerprint density at radius 3 is 2.11 bits per heavy atom. The predicted molar refractivity (Wildman–Crippen MR) is 147 cm³/mol. The van der Waals surface area contributed by atoms with Crippen LogP contribution in [0.15, 0.2) is 79.0 Å². The van der Waals surface area contributed by atoms with Crippen molar-refractivity contribution in [2.75, 3.05) is 10.6 Å².